The van der Waals surface area contributed by atoms with Crippen LogP contribution in [-0.2, 0) is 20.8 Å². The predicted molar refractivity (Wildman–Crippen MR) is 71.9 cm³/mol. The molecular formula is C14H21NO4. The normalized spacial score (nSPS) is 10.4. The monoisotopic (exact) mass is 267 g/mol. The first kappa shape index (κ1) is 15.6. The van der Waals surface area contributed by atoms with E-state index >= 15 is 0 Å². The number of hydrogen-bond acceptors (Lipinski definition) is 5. The summed E-state index contributed by atoms with van der Waals surface area (Å²) >= 11 is 0. The van der Waals surface area contributed by atoms with Gasteiger partial charge in [-0.2, -0.15) is 0 Å². The van der Waals surface area contributed by atoms with E-state index in [0.29, 0.717) is 31.9 Å². The number of esters is 1. The Bertz CT molecular complexity index is 381. The number of nitrogens with two attached hydrogens (primary N) is 1. The molecule has 19 heavy (non-hydrogen) atoms. The Morgan fingerprint density at radius 2 is 2.05 bits per heavy atom. The fourth-order valence-corrected chi connectivity index (χ4v) is 1.51. The minimum atomic E-state index is -0.351. The first-order chi connectivity index (χ1) is 9.27. The van der Waals surface area contributed by atoms with E-state index in [2.05, 4.69) is 0 Å². The Kier molecular flexibility index (Phi) is 7.81. The molecule has 0 spiro atoms. The number of carbonyl (C=O) groups excluding carboxylic acids is 1. The molecule has 0 bridgehead atoms. The summed E-state index contributed by atoms with van der Waals surface area (Å²) in [6.45, 7) is 2.33. The molecule has 0 amide bonds. The van der Waals surface area contributed by atoms with Gasteiger partial charge in [0.2, 0.25) is 0 Å². The van der Waals surface area contributed by atoms with Crippen molar-refractivity contribution in [2.24, 2.45) is 5.73 Å². The third-order valence-corrected chi connectivity index (χ3v) is 2.50. The lowest BCUT2D eigenvalue weighted by molar-refractivity contribution is 0.0288. The van der Waals surface area contributed by atoms with Crippen molar-refractivity contribution in [3.05, 3.63) is 35.4 Å². The predicted octanol–water partition coefficient (Wildman–Crippen LogP) is 1.36. The van der Waals surface area contributed by atoms with E-state index in [1.807, 2.05) is 6.07 Å². The van der Waals surface area contributed by atoms with Gasteiger partial charge in [0.1, 0.15) is 6.61 Å². The Morgan fingerprint density at radius 3 is 2.79 bits per heavy atom. The number of methoxy groups -OCH3 is 1. The van der Waals surface area contributed by atoms with Crippen LogP contribution in [0.2, 0.25) is 0 Å². The Labute approximate surface area is 113 Å². The molecule has 1 aromatic rings. The maximum absolute atomic E-state index is 11.7. The van der Waals surface area contributed by atoms with Crippen molar-refractivity contribution in [1.82, 2.24) is 0 Å². The van der Waals surface area contributed by atoms with Gasteiger partial charge in [-0.1, -0.05) is 12.1 Å². The van der Waals surface area contributed by atoms with E-state index in [1.165, 1.54) is 0 Å². The van der Waals surface area contributed by atoms with Gasteiger partial charge in [-0.3, -0.25) is 0 Å². The van der Waals surface area contributed by atoms with Crippen LogP contribution in [0.5, 0.6) is 0 Å². The number of rotatable bonds is 9. The average Bonchev–Trinajstić information content (AvgIpc) is 2.46. The van der Waals surface area contributed by atoms with Crippen LogP contribution in [0.4, 0.5) is 0 Å². The largest absolute Gasteiger partial charge is 0.460 e. The maximum Gasteiger partial charge on any atom is 0.338 e. The van der Waals surface area contributed by atoms with Crippen molar-refractivity contribution >= 4 is 5.97 Å². The van der Waals surface area contributed by atoms with Gasteiger partial charge in [-0.15, -0.1) is 0 Å². The molecule has 0 aromatic heterocycles. The summed E-state index contributed by atoms with van der Waals surface area (Å²) in [4.78, 5) is 11.7. The Morgan fingerprint density at radius 1 is 1.21 bits per heavy atom. The van der Waals surface area contributed by atoms with Gasteiger partial charge in [-0.05, 0) is 24.1 Å². The number of benzene rings is 1. The zero-order valence-corrected chi connectivity index (χ0v) is 11.3. The second-order valence-electron chi connectivity index (χ2n) is 4.00. The van der Waals surface area contributed by atoms with Gasteiger partial charge in [-0.25, -0.2) is 4.79 Å². The third kappa shape index (κ3) is 6.33. The highest BCUT2D eigenvalue weighted by atomic mass is 16.6. The van der Waals surface area contributed by atoms with Gasteiger partial charge in [0.15, 0.2) is 0 Å². The lowest BCUT2D eigenvalue weighted by Crippen LogP contribution is -2.12. The van der Waals surface area contributed by atoms with Crippen LogP contribution in [0.25, 0.3) is 0 Å². The second kappa shape index (κ2) is 9.49. The van der Waals surface area contributed by atoms with Crippen molar-refractivity contribution in [3.63, 3.8) is 0 Å². The van der Waals surface area contributed by atoms with Crippen LogP contribution >= 0.6 is 0 Å². The second-order valence-corrected chi connectivity index (χ2v) is 4.00. The molecule has 0 radical (unpaired) electrons. The van der Waals surface area contributed by atoms with Gasteiger partial charge in [0.25, 0.3) is 0 Å². The number of ether oxygens (including phenoxy) is 3. The van der Waals surface area contributed by atoms with Crippen LogP contribution in [0.15, 0.2) is 24.3 Å². The van der Waals surface area contributed by atoms with Crippen LogP contribution in [-0.4, -0.2) is 39.5 Å². The van der Waals surface area contributed by atoms with Crippen molar-refractivity contribution < 1.29 is 19.0 Å². The quantitative estimate of drug-likeness (QED) is 0.540. The minimum absolute atomic E-state index is 0.249. The molecule has 0 aliphatic heterocycles. The molecule has 2 N–H and O–H groups in total. The van der Waals surface area contributed by atoms with E-state index in [1.54, 1.807) is 25.3 Å². The topological polar surface area (TPSA) is 70.8 Å². The van der Waals surface area contributed by atoms with E-state index in [4.69, 9.17) is 19.9 Å². The Hall–Kier alpha value is -1.43. The molecule has 0 fully saturated rings. The van der Waals surface area contributed by atoms with Gasteiger partial charge in [0.05, 0.1) is 12.2 Å². The van der Waals surface area contributed by atoms with Gasteiger partial charge < -0.3 is 19.9 Å². The lowest BCUT2D eigenvalue weighted by atomic mass is 10.1. The van der Waals surface area contributed by atoms with Crippen molar-refractivity contribution in [1.29, 1.82) is 0 Å². The molecule has 1 rings (SSSR count). The molecule has 0 heterocycles. The summed E-state index contributed by atoms with van der Waals surface area (Å²) in [5.41, 5.74) is 6.94. The number of hydrogen-bond donors (Lipinski definition) is 1. The summed E-state index contributed by atoms with van der Waals surface area (Å²) < 4.78 is 15.3. The molecule has 1 aromatic carbocycles. The summed E-state index contributed by atoms with van der Waals surface area (Å²) in [7, 11) is 1.65. The molecular weight excluding hydrogens is 246 g/mol. The van der Waals surface area contributed by atoms with Crippen molar-refractivity contribution in [3.8, 4) is 0 Å². The average molecular weight is 267 g/mol. The smallest absolute Gasteiger partial charge is 0.338 e. The van der Waals surface area contributed by atoms with E-state index in [0.717, 1.165) is 12.0 Å². The summed E-state index contributed by atoms with van der Waals surface area (Å²) in [5.74, 6) is -0.351. The van der Waals surface area contributed by atoms with Gasteiger partial charge >= 0.3 is 5.97 Å². The number of carbonyl (C=O) groups is 1. The molecule has 0 unspecified atom stereocenters. The minimum Gasteiger partial charge on any atom is -0.460 e. The van der Waals surface area contributed by atoms with E-state index in [-0.39, 0.29) is 12.6 Å². The molecule has 106 valence electrons. The van der Waals surface area contributed by atoms with Crippen LogP contribution in [0.3, 0.4) is 0 Å². The zero-order chi connectivity index (χ0) is 13.9. The lowest BCUT2D eigenvalue weighted by Gasteiger charge is -2.07. The first-order valence-corrected chi connectivity index (χ1v) is 6.30. The fraction of sp³-hybridized carbons (Fsp3) is 0.500. The molecule has 5 nitrogen and oxygen atoms in total. The molecule has 5 heteroatoms. The van der Waals surface area contributed by atoms with Crippen molar-refractivity contribution in [2.45, 2.75) is 13.0 Å². The zero-order valence-electron chi connectivity index (χ0n) is 11.3. The highest BCUT2D eigenvalue weighted by Gasteiger charge is 2.06. The molecule has 0 saturated heterocycles. The summed E-state index contributed by atoms with van der Waals surface area (Å²) in [6.07, 6.45) is 0.836. The van der Waals surface area contributed by atoms with E-state index < -0.39 is 0 Å². The highest BCUT2D eigenvalue weighted by Crippen LogP contribution is 2.06. The van der Waals surface area contributed by atoms with Crippen molar-refractivity contribution in [2.75, 3.05) is 33.5 Å². The molecule has 0 atom stereocenters. The van der Waals surface area contributed by atoms with Crippen LogP contribution < -0.4 is 5.73 Å². The standard InChI is InChI=1S/C14H21NO4/c1-17-6-3-7-18-8-9-19-14(16)13-5-2-4-12(10-13)11-15/h2,4-5,10H,3,6-9,11,15H2,1H3. The molecule has 0 aliphatic rings. The van der Waals surface area contributed by atoms with E-state index in [9.17, 15) is 4.79 Å². The third-order valence-electron chi connectivity index (χ3n) is 2.50. The SMILES string of the molecule is COCCCOCCOC(=O)c1cccc(CN)c1. The van der Waals surface area contributed by atoms with Crippen LogP contribution in [0.1, 0.15) is 22.3 Å². The maximum atomic E-state index is 11.7. The van der Waals surface area contributed by atoms with Gasteiger partial charge in [0, 0.05) is 26.9 Å². The molecule has 0 saturated carbocycles. The highest BCUT2D eigenvalue weighted by molar-refractivity contribution is 5.89. The summed E-state index contributed by atoms with van der Waals surface area (Å²) in [5, 5.41) is 0. The molecule has 0 aliphatic carbocycles. The van der Waals surface area contributed by atoms with Crippen LogP contribution in [0, 0.1) is 0 Å². The fourth-order valence-electron chi connectivity index (χ4n) is 1.51. The first-order valence-electron chi connectivity index (χ1n) is 6.30. The summed E-state index contributed by atoms with van der Waals surface area (Å²) in [6, 6.07) is 7.11. The Balaban J connectivity index is 2.20.